The van der Waals surface area contributed by atoms with Crippen LogP contribution in [0.5, 0.6) is 0 Å². The van der Waals surface area contributed by atoms with Crippen LogP contribution < -0.4 is 4.31 Å². The summed E-state index contributed by atoms with van der Waals surface area (Å²) >= 11 is 3.13. The molecule has 0 aliphatic carbocycles. The van der Waals surface area contributed by atoms with Crippen LogP contribution in [0.15, 0.2) is 58.7 Å². The number of anilines is 1. The summed E-state index contributed by atoms with van der Waals surface area (Å²) < 4.78 is 27.4. The topological polar surface area (TPSA) is 122 Å². The SMILES string of the molecule is CN(c1cccc2cc(C3=NCC(C(O)(O)N4CCSCC4)S3)[nH]c12)S(=O)(=O)c1ccccn1. The van der Waals surface area contributed by atoms with Gasteiger partial charge in [-0.3, -0.25) is 14.2 Å². The number of para-hydroxylation sites is 1. The van der Waals surface area contributed by atoms with E-state index in [0.717, 1.165) is 16.9 Å². The number of hydrogen-bond donors (Lipinski definition) is 3. The average molecular weight is 520 g/mol. The van der Waals surface area contributed by atoms with E-state index in [1.165, 1.54) is 35.4 Å². The van der Waals surface area contributed by atoms with Crippen LogP contribution in [0.4, 0.5) is 5.69 Å². The first-order valence-electron chi connectivity index (χ1n) is 10.8. The van der Waals surface area contributed by atoms with E-state index in [9.17, 15) is 18.6 Å². The van der Waals surface area contributed by atoms with Gasteiger partial charge < -0.3 is 15.2 Å². The number of pyridine rings is 1. The van der Waals surface area contributed by atoms with Crippen LogP contribution in [0.25, 0.3) is 10.9 Å². The van der Waals surface area contributed by atoms with Crippen LogP contribution in [0.1, 0.15) is 5.69 Å². The van der Waals surface area contributed by atoms with Crippen molar-refractivity contribution < 1.29 is 18.6 Å². The highest BCUT2D eigenvalue weighted by molar-refractivity contribution is 8.15. The van der Waals surface area contributed by atoms with Gasteiger partial charge in [-0.05, 0) is 24.3 Å². The Labute approximate surface area is 206 Å². The Morgan fingerprint density at radius 3 is 2.71 bits per heavy atom. The lowest BCUT2D eigenvalue weighted by molar-refractivity contribution is -0.259. The van der Waals surface area contributed by atoms with E-state index in [0.29, 0.717) is 35.0 Å². The minimum Gasteiger partial charge on any atom is -0.352 e. The van der Waals surface area contributed by atoms with Crippen LogP contribution in [0, 0.1) is 0 Å². The second-order valence-corrected chi connectivity index (χ2v) is 12.4. The first-order chi connectivity index (χ1) is 16.3. The molecule has 4 heterocycles. The number of fused-ring (bicyclic) bond motifs is 1. The summed E-state index contributed by atoms with van der Waals surface area (Å²) in [6, 6.07) is 12.1. The van der Waals surface area contributed by atoms with Crippen LogP contribution in [0.2, 0.25) is 0 Å². The molecule has 1 saturated heterocycles. The molecule has 2 aromatic heterocycles. The number of thioether (sulfide) groups is 2. The number of rotatable bonds is 6. The fourth-order valence-electron chi connectivity index (χ4n) is 4.11. The van der Waals surface area contributed by atoms with Gasteiger partial charge in [0.1, 0.15) is 5.04 Å². The molecule has 0 bridgehead atoms. The van der Waals surface area contributed by atoms with Crippen molar-refractivity contribution >= 4 is 55.2 Å². The molecule has 12 heteroatoms. The molecule has 2 aliphatic rings. The number of hydrogen-bond acceptors (Lipinski definition) is 9. The van der Waals surface area contributed by atoms with E-state index in [4.69, 9.17) is 0 Å². The first-order valence-corrected chi connectivity index (χ1v) is 14.3. The maximum atomic E-state index is 13.1. The summed E-state index contributed by atoms with van der Waals surface area (Å²) in [6.45, 7) is 1.53. The minimum atomic E-state index is -3.84. The second kappa shape index (κ2) is 9.17. The number of aromatic nitrogens is 2. The smallest absolute Gasteiger partial charge is 0.281 e. The monoisotopic (exact) mass is 519 g/mol. The van der Waals surface area contributed by atoms with E-state index in [2.05, 4.69) is 15.0 Å². The summed E-state index contributed by atoms with van der Waals surface area (Å²) in [4.78, 5) is 13.6. The molecule has 2 aliphatic heterocycles. The molecule has 1 unspecified atom stereocenters. The van der Waals surface area contributed by atoms with E-state index in [-0.39, 0.29) is 11.6 Å². The van der Waals surface area contributed by atoms with Crippen LogP contribution in [-0.4, -0.2) is 87.9 Å². The Balaban J connectivity index is 1.41. The highest BCUT2D eigenvalue weighted by atomic mass is 32.2. The van der Waals surface area contributed by atoms with Crippen molar-refractivity contribution in [1.82, 2.24) is 14.9 Å². The quantitative estimate of drug-likeness (QED) is 0.423. The van der Waals surface area contributed by atoms with Gasteiger partial charge in [-0.25, -0.2) is 4.98 Å². The van der Waals surface area contributed by atoms with Crippen molar-refractivity contribution in [2.45, 2.75) is 16.2 Å². The molecule has 180 valence electrons. The Morgan fingerprint density at radius 2 is 1.97 bits per heavy atom. The van der Waals surface area contributed by atoms with Crippen molar-refractivity contribution in [2.24, 2.45) is 4.99 Å². The number of H-pyrrole nitrogens is 1. The third kappa shape index (κ3) is 4.23. The van der Waals surface area contributed by atoms with Crippen LogP contribution in [0.3, 0.4) is 0 Å². The number of nitrogens with zero attached hydrogens (tertiary/aromatic N) is 4. The van der Waals surface area contributed by atoms with Gasteiger partial charge >= 0.3 is 0 Å². The summed E-state index contributed by atoms with van der Waals surface area (Å²) in [5.41, 5.74) is 1.85. The summed E-state index contributed by atoms with van der Waals surface area (Å²) in [6.07, 6.45) is 1.45. The van der Waals surface area contributed by atoms with Gasteiger partial charge in [0.25, 0.3) is 10.0 Å². The number of aliphatic imine (C=N–C) groups is 1. The molecule has 0 saturated carbocycles. The molecule has 3 N–H and O–H groups in total. The Hall–Kier alpha value is -2.09. The van der Waals surface area contributed by atoms with E-state index in [1.807, 2.05) is 12.1 Å². The minimum absolute atomic E-state index is 0.0295. The van der Waals surface area contributed by atoms with Gasteiger partial charge in [0.05, 0.1) is 28.7 Å². The normalized spacial score (nSPS) is 20.0. The summed E-state index contributed by atoms with van der Waals surface area (Å²) in [5, 5.41) is 22.6. The Bertz CT molecular complexity index is 1320. The lowest BCUT2D eigenvalue weighted by atomic mass is 10.2. The van der Waals surface area contributed by atoms with Crippen molar-refractivity contribution in [1.29, 1.82) is 0 Å². The highest BCUT2D eigenvalue weighted by Crippen LogP contribution is 2.36. The number of benzene rings is 1. The van der Waals surface area contributed by atoms with Gasteiger partial charge in [0, 0.05) is 43.2 Å². The number of sulfonamides is 1. The molecule has 0 spiro atoms. The largest absolute Gasteiger partial charge is 0.352 e. The second-order valence-electron chi connectivity index (χ2n) is 8.10. The van der Waals surface area contributed by atoms with E-state index in [1.54, 1.807) is 40.9 Å². The van der Waals surface area contributed by atoms with Gasteiger partial charge in [-0.15, -0.1) is 0 Å². The molecular formula is C22H25N5O4S3. The van der Waals surface area contributed by atoms with Crippen molar-refractivity contribution in [2.75, 3.05) is 42.5 Å². The van der Waals surface area contributed by atoms with Gasteiger partial charge in [-0.1, -0.05) is 30.0 Å². The van der Waals surface area contributed by atoms with Crippen LogP contribution in [-0.2, 0) is 10.0 Å². The zero-order chi connectivity index (χ0) is 23.9. The molecule has 0 radical (unpaired) electrons. The van der Waals surface area contributed by atoms with Gasteiger partial charge in [0.15, 0.2) is 5.03 Å². The lowest BCUT2D eigenvalue weighted by Crippen LogP contribution is -2.58. The fraction of sp³-hybridized carbons (Fsp3) is 0.364. The molecule has 34 heavy (non-hydrogen) atoms. The predicted octanol–water partition coefficient (Wildman–Crippen LogP) is 1.94. The number of aromatic amines is 1. The lowest BCUT2D eigenvalue weighted by Gasteiger charge is -2.40. The zero-order valence-corrected chi connectivity index (χ0v) is 20.9. The molecule has 1 fully saturated rings. The molecule has 5 rings (SSSR count). The van der Waals surface area contributed by atoms with Crippen molar-refractivity contribution in [3.8, 4) is 0 Å². The molecular weight excluding hydrogens is 494 g/mol. The molecule has 1 aromatic carbocycles. The van der Waals surface area contributed by atoms with Crippen molar-refractivity contribution in [3.05, 3.63) is 54.4 Å². The molecule has 1 atom stereocenters. The van der Waals surface area contributed by atoms with Gasteiger partial charge in [0.2, 0.25) is 5.91 Å². The standard InChI is InChI=1S/C22H25N5O4S3/c1-26(34(30,31)19-7-2-3-8-23-19)17-6-4-5-15-13-16(25-20(15)17)21-24-14-18(33-21)22(28,29)27-9-11-32-12-10-27/h2-8,13,18,25,28-29H,9-12,14H2,1H3. The number of nitrogens with one attached hydrogen (secondary N) is 1. The van der Waals surface area contributed by atoms with Crippen LogP contribution >= 0.6 is 23.5 Å². The van der Waals surface area contributed by atoms with Gasteiger partial charge in [-0.2, -0.15) is 20.2 Å². The predicted molar refractivity (Wildman–Crippen MR) is 137 cm³/mol. The first kappa shape index (κ1) is 23.6. The molecule has 3 aromatic rings. The molecule has 9 nitrogen and oxygen atoms in total. The third-order valence-electron chi connectivity index (χ3n) is 6.03. The van der Waals surface area contributed by atoms with E-state index >= 15 is 0 Å². The third-order valence-corrected chi connectivity index (χ3v) is 9.98. The maximum absolute atomic E-state index is 13.1. The molecule has 0 amide bonds. The summed E-state index contributed by atoms with van der Waals surface area (Å²) in [5.74, 6) is -0.202. The highest BCUT2D eigenvalue weighted by Gasteiger charge is 2.44. The Morgan fingerprint density at radius 1 is 1.18 bits per heavy atom. The van der Waals surface area contributed by atoms with E-state index < -0.39 is 21.2 Å². The zero-order valence-electron chi connectivity index (χ0n) is 18.5. The van der Waals surface area contributed by atoms with Crippen molar-refractivity contribution in [3.63, 3.8) is 0 Å². The summed E-state index contributed by atoms with van der Waals surface area (Å²) in [7, 11) is -2.34. The average Bonchev–Trinajstić information content (AvgIpc) is 3.52. The number of aliphatic hydroxyl groups is 2. The maximum Gasteiger partial charge on any atom is 0.281 e. The Kier molecular flexibility index (Phi) is 6.38. The fourth-order valence-corrected chi connectivity index (χ4v) is 7.26.